The molecule has 248 valence electrons. The van der Waals surface area contributed by atoms with Gasteiger partial charge in [-0.05, 0) is 46.5 Å². The number of unbranched alkanes of at least 4 members (excludes halogenated alkanes) is 20. The highest BCUT2D eigenvalue weighted by atomic mass is 16.6. The fourth-order valence-electron chi connectivity index (χ4n) is 4.67. The van der Waals surface area contributed by atoms with Gasteiger partial charge >= 0.3 is 23.9 Å². The van der Waals surface area contributed by atoms with Gasteiger partial charge in [0.1, 0.15) is 5.60 Å². The molecule has 0 amide bonds. The van der Waals surface area contributed by atoms with Crippen LogP contribution in [0.2, 0.25) is 0 Å². The first-order valence-electron chi connectivity index (χ1n) is 16.8. The number of carbonyl (C=O) groups excluding carboxylic acids is 1. The summed E-state index contributed by atoms with van der Waals surface area (Å²) in [4.78, 5) is 42.4. The summed E-state index contributed by atoms with van der Waals surface area (Å²) in [6.45, 7) is 5.70. The van der Waals surface area contributed by atoms with E-state index in [1.54, 1.807) is 0 Å². The quantitative estimate of drug-likeness (QED) is 0.0596. The van der Waals surface area contributed by atoms with Gasteiger partial charge in [0.15, 0.2) is 0 Å². The Balaban J connectivity index is 0. The standard InChI is InChI=1S/C19H36O4.C15H28O4/c1-19(2,3)23-18(22)16-14-12-10-8-6-4-5-7-9-11-13-15-17(20)21;16-14(17)12-10-8-6-4-2-1-3-5-7-9-11-13-15(18)19/h4-16H2,1-3H3,(H,20,21);1-13H2,(H,16,17)(H,18,19). The van der Waals surface area contributed by atoms with Crippen molar-refractivity contribution in [2.75, 3.05) is 0 Å². The number of hydrogen-bond donors (Lipinski definition) is 3. The lowest BCUT2D eigenvalue weighted by Crippen LogP contribution is -2.23. The van der Waals surface area contributed by atoms with Crippen LogP contribution in [0.4, 0.5) is 0 Å². The molecule has 0 aromatic carbocycles. The smallest absolute Gasteiger partial charge is 0.306 e. The first-order valence-corrected chi connectivity index (χ1v) is 16.8. The van der Waals surface area contributed by atoms with Crippen molar-refractivity contribution in [3.63, 3.8) is 0 Å². The first-order chi connectivity index (χ1) is 19.9. The molecule has 0 fully saturated rings. The predicted octanol–water partition coefficient (Wildman–Crippen LogP) is 9.71. The number of carbonyl (C=O) groups is 4. The summed E-state index contributed by atoms with van der Waals surface area (Å²) in [6.07, 6.45) is 26.0. The summed E-state index contributed by atoms with van der Waals surface area (Å²) in [6, 6.07) is 0. The molecule has 8 nitrogen and oxygen atoms in total. The summed E-state index contributed by atoms with van der Waals surface area (Å²) < 4.78 is 5.28. The summed E-state index contributed by atoms with van der Waals surface area (Å²) in [5.41, 5.74) is -0.370. The summed E-state index contributed by atoms with van der Waals surface area (Å²) in [7, 11) is 0. The number of rotatable bonds is 28. The van der Waals surface area contributed by atoms with Gasteiger partial charge in [0.05, 0.1) is 0 Å². The van der Waals surface area contributed by atoms with Crippen LogP contribution in [0.15, 0.2) is 0 Å². The van der Waals surface area contributed by atoms with Crippen molar-refractivity contribution in [2.45, 2.75) is 193 Å². The molecule has 0 radical (unpaired) electrons. The topological polar surface area (TPSA) is 138 Å². The molecule has 0 atom stereocenters. The van der Waals surface area contributed by atoms with Gasteiger partial charge in [0, 0.05) is 25.7 Å². The number of aliphatic carboxylic acids is 3. The molecule has 0 saturated carbocycles. The molecular weight excluding hydrogens is 536 g/mol. The van der Waals surface area contributed by atoms with Gasteiger partial charge in [-0.15, -0.1) is 0 Å². The predicted molar refractivity (Wildman–Crippen MR) is 169 cm³/mol. The highest BCUT2D eigenvalue weighted by Crippen LogP contribution is 2.15. The van der Waals surface area contributed by atoms with Crippen LogP contribution in [-0.2, 0) is 23.9 Å². The molecule has 0 aromatic heterocycles. The highest BCUT2D eigenvalue weighted by molar-refractivity contribution is 5.69. The zero-order valence-corrected chi connectivity index (χ0v) is 27.3. The molecule has 0 spiro atoms. The van der Waals surface area contributed by atoms with E-state index in [1.807, 2.05) is 20.8 Å². The maximum Gasteiger partial charge on any atom is 0.306 e. The average molecular weight is 601 g/mol. The van der Waals surface area contributed by atoms with Crippen LogP contribution in [0, 0.1) is 0 Å². The Hall–Kier alpha value is -2.12. The second-order valence-electron chi connectivity index (χ2n) is 12.5. The molecule has 0 bridgehead atoms. The van der Waals surface area contributed by atoms with Crippen molar-refractivity contribution in [1.82, 2.24) is 0 Å². The van der Waals surface area contributed by atoms with E-state index in [2.05, 4.69) is 0 Å². The number of ether oxygens (including phenoxy) is 1. The number of carboxylic acids is 3. The van der Waals surface area contributed by atoms with Crippen molar-refractivity contribution in [3.05, 3.63) is 0 Å². The third-order valence-electron chi connectivity index (χ3n) is 6.97. The van der Waals surface area contributed by atoms with E-state index in [1.165, 1.54) is 70.6 Å². The van der Waals surface area contributed by atoms with E-state index < -0.39 is 17.9 Å². The van der Waals surface area contributed by atoms with Gasteiger partial charge < -0.3 is 20.1 Å². The Kier molecular flexibility index (Phi) is 30.4. The van der Waals surface area contributed by atoms with E-state index in [0.29, 0.717) is 25.7 Å². The van der Waals surface area contributed by atoms with Crippen molar-refractivity contribution in [1.29, 1.82) is 0 Å². The Bertz CT molecular complexity index is 645. The lowest BCUT2D eigenvalue weighted by molar-refractivity contribution is -0.155. The van der Waals surface area contributed by atoms with Crippen molar-refractivity contribution >= 4 is 23.9 Å². The van der Waals surface area contributed by atoms with Crippen LogP contribution in [0.25, 0.3) is 0 Å². The Morgan fingerprint density at radius 1 is 0.381 bits per heavy atom. The molecule has 0 saturated heterocycles. The molecule has 0 rings (SSSR count). The number of esters is 1. The minimum Gasteiger partial charge on any atom is -0.481 e. The molecule has 0 aliphatic carbocycles. The fraction of sp³-hybridized carbons (Fsp3) is 0.882. The van der Waals surface area contributed by atoms with E-state index >= 15 is 0 Å². The molecule has 0 unspecified atom stereocenters. The molecule has 0 aromatic rings. The van der Waals surface area contributed by atoms with Gasteiger partial charge in [-0.2, -0.15) is 0 Å². The van der Waals surface area contributed by atoms with Gasteiger partial charge in [0.2, 0.25) is 0 Å². The first kappa shape index (κ1) is 42.0. The normalized spacial score (nSPS) is 11.0. The van der Waals surface area contributed by atoms with E-state index in [0.717, 1.165) is 70.6 Å². The molecule has 42 heavy (non-hydrogen) atoms. The maximum absolute atomic E-state index is 11.5. The van der Waals surface area contributed by atoms with Crippen LogP contribution in [-0.4, -0.2) is 44.8 Å². The minimum atomic E-state index is -0.692. The lowest BCUT2D eigenvalue weighted by atomic mass is 10.0. The second kappa shape index (κ2) is 30.3. The van der Waals surface area contributed by atoms with Gasteiger partial charge in [0.25, 0.3) is 0 Å². The zero-order chi connectivity index (χ0) is 31.9. The lowest BCUT2D eigenvalue weighted by Gasteiger charge is -2.19. The van der Waals surface area contributed by atoms with Gasteiger partial charge in [-0.3, -0.25) is 19.2 Å². The molecule has 3 N–H and O–H groups in total. The second-order valence-corrected chi connectivity index (χ2v) is 12.5. The van der Waals surface area contributed by atoms with Crippen LogP contribution in [0.1, 0.15) is 188 Å². The summed E-state index contributed by atoms with van der Waals surface area (Å²) in [5, 5.41) is 25.5. The SMILES string of the molecule is CC(C)(C)OC(=O)CCCCCCCCCCCCCC(=O)O.O=C(O)CCCCCCCCCCCCCC(=O)O. The number of carboxylic acid groups (broad SMARTS) is 3. The molecule has 0 heterocycles. The fourth-order valence-corrected chi connectivity index (χ4v) is 4.67. The largest absolute Gasteiger partial charge is 0.481 e. The van der Waals surface area contributed by atoms with Crippen molar-refractivity contribution in [2.24, 2.45) is 0 Å². The molecular formula is C34H64O8. The molecule has 0 aliphatic heterocycles. The average Bonchev–Trinajstić information content (AvgIpc) is 2.88. The van der Waals surface area contributed by atoms with E-state index in [-0.39, 0.29) is 11.6 Å². The zero-order valence-electron chi connectivity index (χ0n) is 27.3. The molecule has 8 heteroatoms. The maximum atomic E-state index is 11.5. The van der Waals surface area contributed by atoms with Crippen LogP contribution >= 0.6 is 0 Å². The summed E-state index contributed by atoms with van der Waals surface area (Å²) in [5.74, 6) is -2.15. The monoisotopic (exact) mass is 600 g/mol. The van der Waals surface area contributed by atoms with Crippen LogP contribution in [0.5, 0.6) is 0 Å². The Morgan fingerprint density at radius 2 is 0.571 bits per heavy atom. The Labute approximate surface area is 256 Å². The van der Waals surface area contributed by atoms with Crippen molar-refractivity contribution in [3.8, 4) is 0 Å². The van der Waals surface area contributed by atoms with E-state index in [9.17, 15) is 19.2 Å². The van der Waals surface area contributed by atoms with Crippen LogP contribution < -0.4 is 0 Å². The van der Waals surface area contributed by atoms with Gasteiger partial charge in [-0.25, -0.2) is 0 Å². The van der Waals surface area contributed by atoms with Crippen molar-refractivity contribution < 1.29 is 39.2 Å². The summed E-state index contributed by atoms with van der Waals surface area (Å²) >= 11 is 0. The van der Waals surface area contributed by atoms with Crippen LogP contribution in [0.3, 0.4) is 0 Å². The third kappa shape index (κ3) is 42.3. The molecule has 0 aliphatic rings. The van der Waals surface area contributed by atoms with E-state index in [4.69, 9.17) is 20.1 Å². The minimum absolute atomic E-state index is 0.0830. The van der Waals surface area contributed by atoms with Gasteiger partial charge in [-0.1, -0.05) is 116 Å². The number of hydrogen-bond acceptors (Lipinski definition) is 5. The Morgan fingerprint density at radius 3 is 0.762 bits per heavy atom. The third-order valence-corrected chi connectivity index (χ3v) is 6.97. The highest BCUT2D eigenvalue weighted by Gasteiger charge is 2.15.